The number of rotatable bonds is 4. The van der Waals surface area contributed by atoms with Crippen molar-refractivity contribution in [3.05, 3.63) is 89.0 Å². The minimum Gasteiger partial charge on any atom is -0.387 e. The fraction of sp³-hybridized carbons (Fsp3) is 0.469. The molecule has 2 amide bonds. The lowest BCUT2D eigenvalue weighted by molar-refractivity contribution is -0.154. The van der Waals surface area contributed by atoms with Gasteiger partial charge in [-0.25, -0.2) is 9.78 Å². The number of aromatic nitrogens is 2. The van der Waals surface area contributed by atoms with E-state index in [-0.39, 0.29) is 24.2 Å². The first kappa shape index (κ1) is 26.7. The summed E-state index contributed by atoms with van der Waals surface area (Å²) in [5, 5.41) is 15.7. The van der Waals surface area contributed by atoms with Gasteiger partial charge in [0.2, 0.25) is 0 Å². The maximum Gasteiger partial charge on any atom is 0.320 e. The van der Waals surface area contributed by atoms with Crippen molar-refractivity contribution in [1.29, 1.82) is 0 Å². The molecular formula is C32H39N5O3. The summed E-state index contributed by atoms with van der Waals surface area (Å²) in [4.78, 5) is 35.8. The molecule has 3 aromatic rings. The minimum atomic E-state index is -1.09. The summed E-state index contributed by atoms with van der Waals surface area (Å²) in [6.07, 6.45) is 6.88. The van der Waals surface area contributed by atoms with Crippen molar-refractivity contribution < 1.29 is 9.90 Å². The number of aliphatic hydroxyl groups is 1. The van der Waals surface area contributed by atoms with E-state index >= 15 is 0 Å². The van der Waals surface area contributed by atoms with Gasteiger partial charge < -0.3 is 20.2 Å². The first-order valence-corrected chi connectivity index (χ1v) is 14.6. The number of hydrogen-bond acceptors (Lipinski definition) is 5. The highest BCUT2D eigenvalue weighted by Crippen LogP contribution is 2.50. The van der Waals surface area contributed by atoms with Gasteiger partial charge in [-0.3, -0.25) is 9.36 Å². The summed E-state index contributed by atoms with van der Waals surface area (Å²) in [6.45, 7) is 3.32. The Labute approximate surface area is 235 Å². The Hall–Kier alpha value is -3.49. The normalized spacial score (nSPS) is 24.7. The zero-order valence-electron chi connectivity index (χ0n) is 23.0. The van der Waals surface area contributed by atoms with Gasteiger partial charge in [0.15, 0.2) is 0 Å². The Balaban J connectivity index is 1.24. The molecule has 2 N–H and O–H groups in total. The first-order valence-electron chi connectivity index (χ1n) is 14.6. The van der Waals surface area contributed by atoms with Gasteiger partial charge in [-0.15, -0.1) is 0 Å². The molecule has 8 nitrogen and oxygen atoms in total. The van der Waals surface area contributed by atoms with Crippen LogP contribution in [0.2, 0.25) is 0 Å². The maximum atomic E-state index is 14.0. The first-order chi connectivity index (χ1) is 19.5. The van der Waals surface area contributed by atoms with Crippen molar-refractivity contribution in [1.82, 2.24) is 24.7 Å². The SMILES string of the molecule is O=C(N1CCC(O)(Cn2cnc(-c3ccccc3)cc2=O)C2(CCCCC2)C1)N1CCNCC1c1ccccc1. The van der Waals surface area contributed by atoms with Crippen LogP contribution in [0.1, 0.15) is 50.1 Å². The van der Waals surface area contributed by atoms with Crippen LogP contribution >= 0.6 is 0 Å². The van der Waals surface area contributed by atoms with Crippen molar-refractivity contribution in [2.45, 2.75) is 56.7 Å². The van der Waals surface area contributed by atoms with Crippen LogP contribution < -0.4 is 10.9 Å². The molecule has 40 heavy (non-hydrogen) atoms. The highest BCUT2D eigenvalue weighted by Gasteiger charge is 2.55. The third-order valence-corrected chi connectivity index (χ3v) is 9.41. The van der Waals surface area contributed by atoms with E-state index in [0.29, 0.717) is 31.7 Å². The fourth-order valence-corrected chi connectivity index (χ4v) is 7.12. The van der Waals surface area contributed by atoms with Gasteiger partial charge in [-0.2, -0.15) is 0 Å². The second-order valence-electron chi connectivity index (χ2n) is 11.8. The Morgan fingerprint density at radius 3 is 2.42 bits per heavy atom. The van der Waals surface area contributed by atoms with E-state index in [0.717, 1.165) is 56.3 Å². The molecule has 1 aromatic heterocycles. The Bertz CT molecular complexity index is 1370. The number of piperazine rings is 1. The number of benzene rings is 2. The van der Waals surface area contributed by atoms with E-state index < -0.39 is 11.0 Å². The van der Waals surface area contributed by atoms with Crippen LogP contribution in [0.15, 0.2) is 77.9 Å². The summed E-state index contributed by atoms with van der Waals surface area (Å²) in [7, 11) is 0. The molecule has 1 spiro atoms. The molecular weight excluding hydrogens is 502 g/mol. The van der Waals surface area contributed by atoms with Crippen LogP contribution in [0.3, 0.4) is 0 Å². The molecule has 3 fully saturated rings. The van der Waals surface area contributed by atoms with E-state index in [1.165, 1.54) is 0 Å². The van der Waals surface area contributed by atoms with Crippen molar-refractivity contribution in [2.75, 3.05) is 32.7 Å². The summed E-state index contributed by atoms with van der Waals surface area (Å²) in [5.74, 6) is 0. The minimum absolute atomic E-state index is 0.0154. The van der Waals surface area contributed by atoms with Crippen LogP contribution in [0.25, 0.3) is 11.3 Å². The molecule has 3 aliphatic rings. The number of piperidine rings is 1. The molecule has 6 rings (SSSR count). The molecule has 3 heterocycles. The summed E-state index contributed by atoms with van der Waals surface area (Å²) in [6, 6.07) is 21.5. The molecule has 0 bridgehead atoms. The van der Waals surface area contributed by atoms with Gasteiger partial charge in [0.05, 0.1) is 30.2 Å². The standard InChI is InChI=1S/C32H39N5O3/c38-29-20-27(25-10-4-1-5-11-25)34-24-36(29)23-32(40)16-18-35(22-31(32)14-8-3-9-15-31)30(39)37-19-17-33-21-28(37)26-12-6-2-7-13-26/h1-2,4-7,10-13,20,24,28,33,40H,3,8-9,14-19,21-23H2. The second-order valence-corrected chi connectivity index (χ2v) is 11.8. The lowest BCUT2D eigenvalue weighted by Gasteiger charge is -2.56. The zero-order chi connectivity index (χ0) is 27.6. The van der Waals surface area contributed by atoms with Gasteiger partial charge >= 0.3 is 6.03 Å². The van der Waals surface area contributed by atoms with Gasteiger partial charge in [0, 0.05) is 49.8 Å². The summed E-state index contributed by atoms with van der Waals surface area (Å²) >= 11 is 0. The maximum absolute atomic E-state index is 14.0. The van der Waals surface area contributed by atoms with Crippen molar-refractivity contribution in [2.24, 2.45) is 5.41 Å². The predicted molar refractivity (Wildman–Crippen MR) is 155 cm³/mol. The van der Waals surface area contributed by atoms with Crippen LogP contribution in [0.4, 0.5) is 4.79 Å². The van der Waals surface area contributed by atoms with Gasteiger partial charge in [0.25, 0.3) is 5.56 Å². The fourth-order valence-electron chi connectivity index (χ4n) is 7.12. The van der Waals surface area contributed by atoms with E-state index in [4.69, 9.17) is 0 Å². The number of likely N-dealkylation sites (tertiary alicyclic amines) is 1. The molecule has 1 aliphatic carbocycles. The number of nitrogens with one attached hydrogen (secondary N) is 1. The van der Waals surface area contributed by atoms with Gasteiger partial charge in [-0.05, 0) is 24.8 Å². The Morgan fingerprint density at radius 2 is 1.70 bits per heavy atom. The van der Waals surface area contributed by atoms with Crippen molar-refractivity contribution in [3.8, 4) is 11.3 Å². The molecule has 210 valence electrons. The Morgan fingerprint density at radius 1 is 0.975 bits per heavy atom. The number of carbonyl (C=O) groups excluding carboxylic acids is 1. The molecule has 2 atom stereocenters. The van der Waals surface area contributed by atoms with Crippen molar-refractivity contribution in [3.63, 3.8) is 0 Å². The van der Waals surface area contributed by atoms with Crippen LogP contribution in [0.5, 0.6) is 0 Å². The third-order valence-electron chi connectivity index (χ3n) is 9.41. The molecule has 1 saturated carbocycles. The van der Waals surface area contributed by atoms with E-state index in [1.807, 2.05) is 58.3 Å². The summed E-state index contributed by atoms with van der Waals surface area (Å²) in [5.41, 5.74) is 0.945. The highest BCUT2D eigenvalue weighted by molar-refractivity contribution is 5.75. The van der Waals surface area contributed by atoms with Gasteiger partial charge in [-0.1, -0.05) is 79.9 Å². The van der Waals surface area contributed by atoms with Crippen LogP contribution in [-0.2, 0) is 6.54 Å². The largest absolute Gasteiger partial charge is 0.387 e. The van der Waals surface area contributed by atoms with E-state index in [1.54, 1.807) is 17.0 Å². The van der Waals surface area contributed by atoms with Crippen molar-refractivity contribution >= 4 is 6.03 Å². The molecule has 8 heteroatoms. The van der Waals surface area contributed by atoms with E-state index in [9.17, 15) is 14.7 Å². The number of amides is 2. The number of urea groups is 1. The number of carbonyl (C=O) groups is 1. The second kappa shape index (κ2) is 11.2. The average Bonchev–Trinajstić information content (AvgIpc) is 3.01. The molecule has 2 unspecified atom stereocenters. The molecule has 2 saturated heterocycles. The number of nitrogens with zero attached hydrogens (tertiary/aromatic N) is 4. The zero-order valence-corrected chi connectivity index (χ0v) is 23.0. The molecule has 0 radical (unpaired) electrons. The lowest BCUT2D eigenvalue weighted by atomic mass is 9.60. The monoisotopic (exact) mass is 541 g/mol. The predicted octanol–water partition coefficient (Wildman–Crippen LogP) is 4.06. The topological polar surface area (TPSA) is 90.7 Å². The van der Waals surface area contributed by atoms with Crippen LogP contribution in [-0.4, -0.2) is 68.8 Å². The molecule has 2 aliphatic heterocycles. The number of hydrogen-bond donors (Lipinski definition) is 2. The third kappa shape index (κ3) is 5.06. The smallest absolute Gasteiger partial charge is 0.320 e. The lowest BCUT2D eigenvalue weighted by Crippen LogP contribution is -2.65. The summed E-state index contributed by atoms with van der Waals surface area (Å²) < 4.78 is 1.56. The van der Waals surface area contributed by atoms with E-state index in [2.05, 4.69) is 22.4 Å². The Kier molecular flexibility index (Phi) is 7.47. The van der Waals surface area contributed by atoms with Gasteiger partial charge in [0.1, 0.15) is 0 Å². The molecule has 2 aromatic carbocycles. The average molecular weight is 542 g/mol. The highest BCUT2D eigenvalue weighted by atomic mass is 16.3. The van der Waals surface area contributed by atoms with Crippen LogP contribution in [0, 0.1) is 5.41 Å². The quantitative estimate of drug-likeness (QED) is 0.520.